The Morgan fingerprint density at radius 3 is 1.35 bits per heavy atom. The Hall–Kier alpha value is -8.98. The van der Waals surface area contributed by atoms with Crippen molar-refractivity contribution in [3.63, 3.8) is 0 Å². The highest BCUT2D eigenvalue weighted by molar-refractivity contribution is 6.53. The van der Waals surface area contributed by atoms with Crippen LogP contribution in [0.15, 0.2) is 100 Å². The minimum absolute atomic E-state index is 0.0936. The molecule has 8 aromatic carbocycles. The lowest BCUT2D eigenvalue weighted by atomic mass is 9.70. The van der Waals surface area contributed by atoms with Gasteiger partial charge in [-0.1, -0.05) is 95.9 Å². The Bertz CT molecular complexity index is 3600. The number of nitrogens with zero attached hydrogens (tertiary/aromatic N) is 1. The highest BCUT2D eigenvalue weighted by atomic mass is 17.0. The molecular formula is C49H27B4NO14. The molecule has 2 aliphatic rings. The van der Waals surface area contributed by atoms with Crippen LogP contribution in [0, 0.1) is 0 Å². The molecular weight excluding hydrogens is 870 g/mol. The Balaban J connectivity index is 1.37. The maximum absolute atomic E-state index is 12.4. The van der Waals surface area contributed by atoms with Crippen molar-refractivity contribution in [2.24, 2.45) is 0 Å². The molecule has 1 spiro atoms. The number of aromatic hydroxyl groups is 12. The maximum atomic E-state index is 12.4. The molecule has 0 amide bonds. The van der Waals surface area contributed by atoms with E-state index in [2.05, 4.69) is 0 Å². The van der Waals surface area contributed by atoms with E-state index < -0.39 is 141 Å². The van der Waals surface area contributed by atoms with Crippen molar-refractivity contribution in [2.45, 2.75) is 5.41 Å². The number of fused-ring (bicyclic) bond motifs is 12. The molecule has 0 saturated heterocycles. The smallest absolute Gasteiger partial charge is 0.248 e. The quantitative estimate of drug-likeness (QED) is 0.0507. The van der Waals surface area contributed by atoms with Crippen LogP contribution in [0.2, 0.25) is 0 Å². The minimum Gasteiger partial charge on any atom is -0.508 e. The summed E-state index contributed by atoms with van der Waals surface area (Å²) in [6.07, 6.45) is 0. The van der Waals surface area contributed by atoms with Gasteiger partial charge in [-0.3, -0.25) is 13.7 Å². The largest absolute Gasteiger partial charge is 0.508 e. The van der Waals surface area contributed by atoms with E-state index in [1.54, 1.807) is 12.1 Å². The van der Waals surface area contributed by atoms with Gasteiger partial charge < -0.3 is 61.3 Å². The summed E-state index contributed by atoms with van der Waals surface area (Å²) in [5.41, 5.74) is -3.51. The first-order chi connectivity index (χ1) is 32.5. The summed E-state index contributed by atoms with van der Waals surface area (Å²) in [5, 5.41) is 135. The zero-order valence-electron chi connectivity index (χ0n) is 34.6. The summed E-state index contributed by atoms with van der Waals surface area (Å²) < 4.78 is 12.7. The molecule has 0 saturated carbocycles. The lowest BCUT2D eigenvalue weighted by Gasteiger charge is -2.30. The Labute approximate surface area is 387 Å². The van der Waals surface area contributed by atoms with Crippen LogP contribution in [-0.2, 0) is 5.41 Å². The summed E-state index contributed by atoms with van der Waals surface area (Å²) in [7, 11) is 25.4. The van der Waals surface area contributed by atoms with E-state index in [0.29, 0.717) is 16.7 Å². The SMILES string of the molecule is [B]c1c([B])c(O)c(-c2c(O)c([B])c3c(ooc4c(O)c(-c5c(O)c(O)c(O)c(O)c5O)c(O)c(O)c4n3-c3cccc4c3-c3ccccc3C43c4ccccc4-c4ccccc43)c2[B])c(O)c1O. The summed E-state index contributed by atoms with van der Waals surface area (Å²) >= 11 is 0. The van der Waals surface area contributed by atoms with Crippen LogP contribution >= 0.6 is 0 Å². The van der Waals surface area contributed by atoms with Crippen molar-refractivity contribution in [3.8, 4) is 119 Å². The van der Waals surface area contributed by atoms with Gasteiger partial charge >= 0.3 is 0 Å². The fourth-order valence-electron chi connectivity index (χ4n) is 10.1. The van der Waals surface area contributed by atoms with Gasteiger partial charge in [0.05, 0.1) is 33.3 Å². The van der Waals surface area contributed by atoms with Crippen LogP contribution in [0.25, 0.3) is 72.4 Å². The molecule has 1 aromatic heterocycles. The monoisotopic (exact) mass is 897 g/mol. The molecule has 2 aliphatic carbocycles. The summed E-state index contributed by atoms with van der Waals surface area (Å²) in [6, 6.07) is 28.5. The van der Waals surface area contributed by atoms with E-state index in [-0.39, 0.29) is 5.69 Å². The van der Waals surface area contributed by atoms with E-state index in [1.807, 2.05) is 78.9 Å². The second kappa shape index (κ2) is 14.0. The molecule has 0 fully saturated rings. The second-order valence-corrected chi connectivity index (χ2v) is 16.3. The van der Waals surface area contributed by atoms with Crippen molar-refractivity contribution >= 4 is 75.4 Å². The summed E-state index contributed by atoms with van der Waals surface area (Å²) in [4.78, 5) is 0. The van der Waals surface area contributed by atoms with Gasteiger partial charge in [-0.15, -0.1) is 0 Å². The molecule has 11 rings (SSSR count). The van der Waals surface area contributed by atoms with E-state index in [0.717, 1.165) is 32.4 Å². The van der Waals surface area contributed by atoms with Gasteiger partial charge in [-0.2, -0.15) is 0 Å². The van der Waals surface area contributed by atoms with E-state index in [1.165, 1.54) is 0 Å². The molecule has 324 valence electrons. The lowest BCUT2D eigenvalue weighted by Crippen LogP contribution is -2.28. The molecule has 1 heterocycles. The van der Waals surface area contributed by atoms with Crippen LogP contribution in [0.5, 0.6) is 69.0 Å². The molecule has 19 heteroatoms. The van der Waals surface area contributed by atoms with Gasteiger partial charge in [0.15, 0.2) is 45.8 Å². The number of hydrogen-bond donors (Lipinski definition) is 12. The molecule has 0 bridgehead atoms. The first-order valence-corrected chi connectivity index (χ1v) is 20.3. The normalized spacial score (nSPS) is 12.9. The molecule has 0 atom stereocenters. The Kier molecular flexibility index (Phi) is 8.60. The van der Waals surface area contributed by atoms with Gasteiger partial charge in [0, 0.05) is 11.1 Å². The fourth-order valence-corrected chi connectivity index (χ4v) is 10.1. The third-order valence-corrected chi connectivity index (χ3v) is 13.1. The van der Waals surface area contributed by atoms with Gasteiger partial charge in [-0.05, 0) is 55.9 Å². The second-order valence-electron chi connectivity index (χ2n) is 16.3. The third-order valence-electron chi connectivity index (χ3n) is 13.1. The highest BCUT2D eigenvalue weighted by Gasteiger charge is 2.52. The van der Waals surface area contributed by atoms with Crippen LogP contribution in [-0.4, -0.2) is 97.2 Å². The molecule has 0 aliphatic heterocycles. The van der Waals surface area contributed by atoms with Crippen LogP contribution in [0.1, 0.15) is 22.3 Å². The van der Waals surface area contributed by atoms with Crippen molar-refractivity contribution in [1.29, 1.82) is 0 Å². The van der Waals surface area contributed by atoms with Crippen LogP contribution < -0.4 is 21.9 Å². The van der Waals surface area contributed by atoms with Crippen molar-refractivity contribution in [2.75, 3.05) is 0 Å². The zero-order chi connectivity index (χ0) is 48.2. The Morgan fingerprint density at radius 2 is 0.750 bits per heavy atom. The number of hydrogen-bond acceptors (Lipinski definition) is 14. The average Bonchev–Trinajstić information content (AvgIpc) is 3.74. The highest BCUT2D eigenvalue weighted by Crippen LogP contribution is 2.65. The van der Waals surface area contributed by atoms with E-state index in [9.17, 15) is 61.3 Å². The Morgan fingerprint density at radius 1 is 0.324 bits per heavy atom. The van der Waals surface area contributed by atoms with Crippen LogP contribution in [0.4, 0.5) is 0 Å². The number of benzene rings is 8. The molecule has 0 unspecified atom stereocenters. The predicted molar refractivity (Wildman–Crippen MR) is 252 cm³/mol. The van der Waals surface area contributed by atoms with Crippen LogP contribution in [0.3, 0.4) is 0 Å². The van der Waals surface area contributed by atoms with Crippen molar-refractivity contribution < 1.29 is 70.4 Å². The summed E-state index contributed by atoms with van der Waals surface area (Å²) in [5.74, 6) is -14.8. The maximum Gasteiger partial charge on any atom is 0.248 e. The van der Waals surface area contributed by atoms with Gasteiger partial charge in [0.2, 0.25) is 22.8 Å². The number of phenols is 12. The predicted octanol–water partition coefficient (Wildman–Crippen LogP) is 4.41. The van der Waals surface area contributed by atoms with Crippen molar-refractivity contribution in [3.05, 3.63) is 113 Å². The first-order valence-electron chi connectivity index (χ1n) is 20.3. The zero-order valence-corrected chi connectivity index (χ0v) is 34.6. The molecule has 9 aromatic rings. The van der Waals surface area contributed by atoms with Gasteiger partial charge in [0.1, 0.15) is 48.4 Å². The standard InChI is InChI=1S/C49H27B4NO14/c50-29-25(26-36(56)30(51)31(52)42(62)37(26)57)35(55)32(53)33-47(29)67-68-48-34(43(63)38(58)28(41(48)61)27-39(59)44(64)46(66)45(65)40(27)60)54(33)23-15-7-14-22-24(23)18-10-3-6-13-21(18)49(22)19-11-4-1-8-16(19)17-9-2-5-12-20(17)49/h1-15,55-66H. The van der Waals surface area contributed by atoms with E-state index >= 15 is 0 Å². The topological polar surface area (TPSA) is 274 Å². The lowest BCUT2D eigenvalue weighted by molar-refractivity contribution is 0.0903. The summed E-state index contributed by atoms with van der Waals surface area (Å²) in [6.45, 7) is 0. The average molecular weight is 897 g/mol. The van der Waals surface area contributed by atoms with Gasteiger partial charge in [0.25, 0.3) is 0 Å². The molecule has 12 N–H and O–H groups in total. The van der Waals surface area contributed by atoms with Crippen molar-refractivity contribution in [1.82, 2.24) is 4.57 Å². The number of aromatic nitrogens is 1. The number of phenolic OH excluding ortho intramolecular Hbond substituents is 12. The molecule has 68 heavy (non-hydrogen) atoms. The minimum atomic E-state index is -1.40. The first kappa shape index (κ1) is 41.7. The van der Waals surface area contributed by atoms with E-state index in [4.69, 9.17) is 40.5 Å². The molecule has 15 nitrogen and oxygen atoms in total. The third kappa shape index (κ3) is 4.90. The molecule has 8 radical (unpaired) electrons. The number of rotatable bonds is 3. The van der Waals surface area contributed by atoms with Gasteiger partial charge in [-0.25, -0.2) is 0 Å². The fraction of sp³-hybridized carbons (Fsp3) is 0.0204.